The SMILES string of the molecule is O=S(=O)(O)C[C@@H](O)CNc1ccccc1. The highest BCUT2D eigenvalue weighted by atomic mass is 32.2. The second-order valence-corrected chi connectivity index (χ2v) is 4.65. The van der Waals surface area contributed by atoms with E-state index in [-0.39, 0.29) is 6.54 Å². The third kappa shape index (κ3) is 5.36. The number of hydrogen-bond donors (Lipinski definition) is 3. The Kier molecular flexibility index (Phi) is 4.07. The number of aliphatic hydroxyl groups is 1. The van der Waals surface area contributed by atoms with Gasteiger partial charge in [-0.25, -0.2) is 0 Å². The van der Waals surface area contributed by atoms with Crippen LogP contribution in [-0.4, -0.2) is 36.5 Å². The molecule has 1 rings (SSSR count). The van der Waals surface area contributed by atoms with Crippen molar-refractivity contribution in [2.45, 2.75) is 6.10 Å². The molecule has 0 bridgehead atoms. The van der Waals surface area contributed by atoms with Crippen LogP contribution in [0.1, 0.15) is 0 Å². The Bertz CT molecular complexity index is 390. The molecule has 6 heteroatoms. The molecule has 0 unspecified atom stereocenters. The van der Waals surface area contributed by atoms with Crippen LogP contribution in [0.25, 0.3) is 0 Å². The fourth-order valence-corrected chi connectivity index (χ4v) is 1.70. The van der Waals surface area contributed by atoms with Crippen molar-refractivity contribution in [2.75, 3.05) is 17.6 Å². The molecule has 0 amide bonds. The monoisotopic (exact) mass is 231 g/mol. The summed E-state index contributed by atoms with van der Waals surface area (Å²) < 4.78 is 29.3. The van der Waals surface area contributed by atoms with E-state index in [1.54, 1.807) is 12.1 Å². The van der Waals surface area contributed by atoms with Gasteiger partial charge in [0.05, 0.1) is 6.10 Å². The van der Waals surface area contributed by atoms with E-state index >= 15 is 0 Å². The van der Waals surface area contributed by atoms with Gasteiger partial charge in [0, 0.05) is 12.2 Å². The molecule has 1 aromatic carbocycles. The molecule has 0 aliphatic heterocycles. The smallest absolute Gasteiger partial charge is 0.267 e. The first-order valence-electron chi connectivity index (χ1n) is 4.39. The summed E-state index contributed by atoms with van der Waals surface area (Å²) in [5.74, 6) is -0.660. The fraction of sp³-hybridized carbons (Fsp3) is 0.333. The number of hydrogen-bond acceptors (Lipinski definition) is 4. The number of benzene rings is 1. The summed E-state index contributed by atoms with van der Waals surface area (Å²) in [5, 5.41) is 12.1. The van der Waals surface area contributed by atoms with Crippen molar-refractivity contribution >= 4 is 15.8 Å². The first-order valence-corrected chi connectivity index (χ1v) is 6.00. The maximum atomic E-state index is 10.4. The molecule has 0 fully saturated rings. The molecule has 1 atom stereocenters. The van der Waals surface area contributed by atoms with E-state index in [9.17, 15) is 13.5 Å². The van der Waals surface area contributed by atoms with Crippen LogP contribution in [0.15, 0.2) is 30.3 Å². The van der Waals surface area contributed by atoms with Gasteiger partial charge in [-0.1, -0.05) is 18.2 Å². The van der Waals surface area contributed by atoms with Gasteiger partial charge in [-0.05, 0) is 12.1 Å². The largest absolute Gasteiger partial charge is 0.390 e. The molecule has 0 saturated carbocycles. The number of aliphatic hydroxyl groups excluding tert-OH is 1. The molecular weight excluding hydrogens is 218 g/mol. The molecule has 0 aromatic heterocycles. The van der Waals surface area contributed by atoms with Gasteiger partial charge in [0.2, 0.25) is 0 Å². The second kappa shape index (κ2) is 5.11. The Hall–Kier alpha value is -1.11. The molecular formula is C9H13NO4S. The predicted molar refractivity (Wildman–Crippen MR) is 57.4 cm³/mol. The van der Waals surface area contributed by atoms with Crippen LogP contribution in [0.3, 0.4) is 0 Å². The average molecular weight is 231 g/mol. The maximum absolute atomic E-state index is 10.4. The van der Waals surface area contributed by atoms with Crippen molar-refractivity contribution < 1.29 is 18.1 Å². The first-order chi connectivity index (χ1) is 6.97. The van der Waals surface area contributed by atoms with Crippen LogP contribution in [0, 0.1) is 0 Å². The molecule has 15 heavy (non-hydrogen) atoms. The lowest BCUT2D eigenvalue weighted by Crippen LogP contribution is -2.27. The third-order valence-corrected chi connectivity index (χ3v) is 2.52. The van der Waals surface area contributed by atoms with Gasteiger partial charge in [0.1, 0.15) is 5.75 Å². The highest BCUT2D eigenvalue weighted by molar-refractivity contribution is 7.85. The summed E-state index contributed by atoms with van der Waals surface area (Å²) in [5.41, 5.74) is 0.784. The van der Waals surface area contributed by atoms with E-state index in [2.05, 4.69) is 5.32 Å². The van der Waals surface area contributed by atoms with Crippen molar-refractivity contribution in [1.82, 2.24) is 0 Å². The third-order valence-electron chi connectivity index (χ3n) is 1.72. The van der Waals surface area contributed by atoms with Crippen molar-refractivity contribution in [1.29, 1.82) is 0 Å². The van der Waals surface area contributed by atoms with Gasteiger partial charge in [0.15, 0.2) is 0 Å². The van der Waals surface area contributed by atoms with E-state index in [4.69, 9.17) is 4.55 Å². The van der Waals surface area contributed by atoms with Crippen LogP contribution in [-0.2, 0) is 10.1 Å². The summed E-state index contributed by atoms with van der Waals surface area (Å²) in [7, 11) is -4.12. The van der Waals surface area contributed by atoms with Crippen LogP contribution >= 0.6 is 0 Å². The zero-order valence-electron chi connectivity index (χ0n) is 8.00. The van der Waals surface area contributed by atoms with E-state index < -0.39 is 22.0 Å². The molecule has 0 radical (unpaired) electrons. The molecule has 0 aliphatic rings. The van der Waals surface area contributed by atoms with Crippen LogP contribution in [0.4, 0.5) is 5.69 Å². The molecule has 84 valence electrons. The summed E-state index contributed by atoms with van der Waals surface area (Å²) >= 11 is 0. The van der Waals surface area contributed by atoms with Gasteiger partial charge in [-0.2, -0.15) is 8.42 Å². The average Bonchev–Trinajstić information content (AvgIpc) is 2.14. The van der Waals surface area contributed by atoms with Crippen molar-refractivity contribution in [3.05, 3.63) is 30.3 Å². The Morgan fingerprint density at radius 3 is 2.40 bits per heavy atom. The highest BCUT2D eigenvalue weighted by Gasteiger charge is 2.13. The lowest BCUT2D eigenvalue weighted by molar-refractivity contribution is 0.208. The minimum Gasteiger partial charge on any atom is -0.390 e. The molecule has 0 spiro atoms. The number of rotatable bonds is 5. The Morgan fingerprint density at radius 1 is 1.27 bits per heavy atom. The summed E-state index contributed by atoms with van der Waals surface area (Å²) in [6.07, 6.45) is -1.12. The summed E-state index contributed by atoms with van der Waals surface area (Å²) in [6.45, 7) is 0.0732. The summed E-state index contributed by atoms with van der Waals surface area (Å²) in [4.78, 5) is 0. The minimum atomic E-state index is -4.12. The Balaban J connectivity index is 2.38. The van der Waals surface area contributed by atoms with Gasteiger partial charge in [0.25, 0.3) is 10.1 Å². The van der Waals surface area contributed by atoms with Gasteiger partial charge >= 0.3 is 0 Å². The van der Waals surface area contributed by atoms with Crippen molar-refractivity contribution in [3.63, 3.8) is 0 Å². The quantitative estimate of drug-likeness (QED) is 0.636. The zero-order valence-corrected chi connectivity index (χ0v) is 8.81. The van der Waals surface area contributed by atoms with Crippen molar-refractivity contribution in [3.8, 4) is 0 Å². The normalized spacial score (nSPS) is 13.5. The van der Waals surface area contributed by atoms with Crippen LogP contribution < -0.4 is 5.32 Å². The molecule has 3 N–H and O–H groups in total. The Morgan fingerprint density at radius 2 is 1.87 bits per heavy atom. The lowest BCUT2D eigenvalue weighted by atomic mass is 10.3. The Labute approximate surface area is 88.5 Å². The topological polar surface area (TPSA) is 86.6 Å². The zero-order chi connectivity index (χ0) is 11.3. The van der Waals surface area contributed by atoms with Crippen molar-refractivity contribution in [2.24, 2.45) is 0 Å². The standard InChI is InChI=1S/C9H13NO4S/c11-9(7-15(12,13)14)6-10-8-4-2-1-3-5-8/h1-5,9-11H,6-7H2,(H,12,13,14)/t9-/m0/s1. The van der Waals surface area contributed by atoms with Crippen LogP contribution in [0.2, 0.25) is 0 Å². The number of para-hydroxylation sites is 1. The molecule has 0 heterocycles. The molecule has 0 saturated heterocycles. The maximum Gasteiger partial charge on any atom is 0.267 e. The molecule has 0 aliphatic carbocycles. The summed E-state index contributed by atoms with van der Waals surface area (Å²) in [6, 6.07) is 9.06. The number of anilines is 1. The van der Waals surface area contributed by atoms with E-state index in [1.807, 2.05) is 18.2 Å². The van der Waals surface area contributed by atoms with E-state index in [1.165, 1.54) is 0 Å². The molecule has 1 aromatic rings. The molecule has 5 nitrogen and oxygen atoms in total. The number of nitrogens with one attached hydrogen (secondary N) is 1. The van der Waals surface area contributed by atoms with E-state index in [0.29, 0.717) is 0 Å². The van der Waals surface area contributed by atoms with Gasteiger partial charge in [-0.15, -0.1) is 0 Å². The highest BCUT2D eigenvalue weighted by Crippen LogP contribution is 2.04. The lowest BCUT2D eigenvalue weighted by Gasteiger charge is -2.10. The predicted octanol–water partition coefficient (Wildman–Crippen LogP) is 0.347. The fourth-order valence-electron chi connectivity index (χ4n) is 1.09. The first kappa shape index (κ1) is 12.0. The van der Waals surface area contributed by atoms with Gasteiger partial charge < -0.3 is 10.4 Å². The van der Waals surface area contributed by atoms with E-state index in [0.717, 1.165) is 5.69 Å². The minimum absolute atomic E-state index is 0.0732. The second-order valence-electron chi connectivity index (χ2n) is 3.15. The van der Waals surface area contributed by atoms with Gasteiger partial charge in [-0.3, -0.25) is 4.55 Å². The van der Waals surface area contributed by atoms with Crippen LogP contribution in [0.5, 0.6) is 0 Å².